The van der Waals surface area contributed by atoms with E-state index in [-0.39, 0.29) is 29.6 Å². The zero-order valence-corrected chi connectivity index (χ0v) is 16.0. The molecule has 0 aliphatic carbocycles. The summed E-state index contributed by atoms with van der Waals surface area (Å²) < 4.78 is 9.43. The van der Waals surface area contributed by atoms with Crippen molar-refractivity contribution in [3.63, 3.8) is 0 Å². The van der Waals surface area contributed by atoms with Crippen molar-refractivity contribution in [1.82, 2.24) is 0 Å². The first-order valence-corrected chi connectivity index (χ1v) is 8.89. The second-order valence-corrected chi connectivity index (χ2v) is 6.64. The van der Waals surface area contributed by atoms with Crippen molar-refractivity contribution in [1.29, 1.82) is 0 Å². The minimum atomic E-state index is -0.608. The highest BCUT2D eigenvalue weighted by Crippen LogP contribution is 2.31. The Morgan fingerprint density at radius 1 is 1.04 bits per heavy atom. The van der Waals surface area contributed by atoms with Crippen LogP contribution in [0.25, 0.3) is 0 Å². The number of nitrogens with zero attached hydrogens (tertiary/aromatic N) is 1. The summed E-state index contributed by atoms with van der Waals surface area (Å²) in [6.45, 7) is 2.23. The largest absolute Gasteiger partial charge is 0.465 e. The van der Waals surface area contributed by atoms with E-state index in [1.54, 1.807) is 0 Å². The van der Waals surface area contributed by atoms with Crippen molar-refractivity contribution >= 4 is 29.2 Å². The van der Waals surface area contributed by atoms with Crippen LogP contribution in [0, 0.1) is 0 Å². The third-order valence-corrected chi connectivity index (χ3v) is 4.72. The maximum Gasteiger partial charge on any atom is 0.337 e. The Hall–Kier alpha value is -3.35. The molecule has 0 unspecified atom stereocenters. The van der Waals surface area contributed by atoms with Gasteiger partial charge < -0.3 is 19.7 Å². The van der Waals surface area contributed by atoms with E-state index in [9.17, 15) is 14.4 Å². The zero-order chi connectivity index (χ0) is 20.3. The Morgan fingerprint density at radius 2 is 1.64 bits per heavy atom. The van der Waals surface area contributed by atoms with Crippen LogP contribution < -0.4 is 10.2 Å². The van der Waals surface area contributed by atoms with Gasteiger partial charge in [-0.25, -0.2) is 9.59 Å². The molecular formula is C21H22N2O5. The van der Waals surface area contributed by atoms with Crippen molar-refractivity contribution in [2.45, 2.75) is 19.4 Å². The maximum absolute atomic E-state index is 12.6. The maximum atomic E-state index is 12.6. The number of nitrogens with one attached hydrogen (secondary N) is 1. The molecule has 1 heterocycles. The second-order valence-electron chi connectivity index (χ2n) is 6.64. The Bertz CT molecular complexity index is 891. The van der Waals surface area contributed by atoms with Crippen molar-refractivity contribution in [3.05, 3.63) is 59.2 Å². The number of carbonyl (C=O) groups is 3. The summed E-state index contributed by atoms with van der Waals surface area (Å²) in [5, 5.41) is 2.76. The number of anilines is 2. The first-order valence-electron chi connectivity index (χ1n) is 8.89. The topological polar surface area (TPSA) is 84.9 Å². The molecular weight excluding hydrogens is 360 g/mol. The molecule has 0 bridgehead atoms. The second kappa shape index (κ2) is 8.12. The number of hydrogen-bond donors (Lipinski definition) is 1. The molecule has 7 nitrogen and oxygen atoms in total. The van der Waals surface area contributed by atoms with E-state index in [1.807, 2.05) is 23.1 Å². The lowest BCUT2D eigenvalue weighted by Crippen LogP contribution is -2.37. The third-order valence-electron chi connectivity index (χ3n) is 4.72. The number of para-hydroxylation sites is 1. The molecule has 0 spiro atoms. The van der Waals surface area contributed by atoms with Crippen LogP contribution in [0.15, 0.2) is 42.5 Å². The standard InChI is InChI=1S/C21H22N2O5/c1-13-8-14-6-4-5-7-18(14)23(13)12-19(24)22-17-10-15(20(25)27-2)9-16(11-17)21(26)28-3/h4-7,9-11,13H,8,12H2,1-3H3,(H,22,24)/t13-/m1/s1. The van der Waals surface area contributed by atoms with Crippen LogP contribution in [0.3, 0.4) is 0 Å². The van der Waals surface area contributed by atoms with Gasteiger partial charge in [0.05, 0.1) is 31.9 Å². The smallest absolute Gasteiger partial charge is 0.337 e. The van der Waals surface area contributed by atoms with Crippen LogP contribution >= 0.6 is 0 Å². The summed E-state index contributed by atoms with van der Waals surface area (Å²) in [6.07, 6.45) is 0.883. The Labute approximate surface area is 163 Å². The Kier molecular flexibility index (Phi) is 5.63. The summed E-state index contributed by atoms with van der Waals surface area (Å²) in [6, 6.07) is 12.5. The highest BCUT2D eigenvalue weighted by atomic mass is 16.5. The van der Waals surface area contributed by atoms with Crippen molar-refractivity contribution in [2.24, 2.45) is 0 Å². The van der Waals surface area contributed by atoms with Crippen LogP contribution in [0.4, 0.5) is 11.4 Å². The lowest BCUT2D eigenvalue weighted by molar-refractivity contribution is -0.115. The molecule has 3 rings (SSSR count). The number of carbonyl (C=O) groups excluding carboxylic acids is 3. The van der Waals surface area contributed by atoms with Crippen LogP contribution in [-0.4, -0.2) is 44.7 Å². The number of benzene rings is 2. The van der Waals surface area contributed by atoms with E-state index in [2.05, 4.69) is 18.3 Å². The number of rotatable bonds is 5. The molecule has 1 atom stereocenters. The molecule has 1 aliphatic rings. The normalized spacial score (nSPS) is 15.0. The molecule has 2 aromatic carbocycles. The summed E-state index contributed by atoms with van der Waals surface area (Å²) in [4.78, 5) is 38.4. The van der Waals surface area contributed by atoms with Crippen LogP contribution in [0.5, 0.6) is 0 Å². The number of methoxy groups -OCH3 is 2. The minimum absolute atomic E-state index is 0.153. The van der Waals surface area contributed by atoms with Gasteiger partial charge in [0.15, 0.2) is 0 Å². The predicted molar refractivity (Wildman–Crippen MR) is 105 cm³/mol. The van der Waals surface area contributed by atoms with E-state index in [1.165, 1.54) is 38.0 Å². The van der Waals surface area contributed by atoms with Gasteiger partial charge in [0.1, 0.15) is 0 Å². The highest BCUT2D eigenvalue weighted by Gasteiger charge is 2.27. The number of fused-ring (bicyclic) bond motifs is 1. The lowest BCUT2D eigenvalue weighted by Gasteiger charge is -2.24. The average molecular weight is 382 g/mol. The van der Waals surface area contributed by atoms with Gasteiger partial charge >= 0.3 is 11.9 Å². The Balaban J connectivity index is 1.80. The molecule has 28 heavy (non-hydrogen) atoms. The van der Waals surface area contributed by atoms with Gasteiger partial charge in [-0.05, 0) is 43.2 Å². The quantitative estimate of drug-likeness (QED) is 0.801. The van der Waals surface area contributed by atoms with Crippen LogP contribution in [-0.2, 0) is 20.7 Å². The van der Waals surface area contributed by atoms with E-state index < -0.39 is 11.9 Å². The molecule has 1 amide bonds. The summed E-state index contributed by atoms with van der Waals surface area (Å²) in [5.74, 6) is -1.46. The van der Waals surface area contributed by atoms with Gasteiger partial charge in [-0.15, -0.1) is 0 Å². The molecule has 0 fully saturated rings. The monoisotopic (exact) mass is 382 g/mol. The molecule has 0 aromatic heterocycles. The predicted octanol–water partition coefficient (Wildman–Crippen LogP) is 2.65. The number of ether oxygens (including phenoxy) is 2. The fourth-order valence-electron chi connectivity index (χ4n) is 3.40. The third kappa shape index (κ3) is 3.98. The first kappa shape index (κ1) is 19.4. The minimum Gasteiger partial charge on any atom is -0.465 e. The molecule has 1 N–H and O–H groups in total. The van der Waals surface area contributed by atoms with Crippen LogP contribution in [0.1, 0.15) is 33.2 Å². The molecule has 0 saturated carbocycles. The molecule has 7 heteroatoms. The summed E-state index contributed by atoms with van der Waals surface area (Å²) in [5.41, 5.74) is 2.89. The van der Waals surface area contributed by atoms with E-state index in [0.717, 1.165) is 12.1 Å². The fourth-order valence-corrected chi connectivity index (χ4v) is 3.40. The number of hydrogen-bond acceptors (Lipinski definition) is 6. The Morgan fingerprint density at radius 3 is 2.25 bits per heavy atom. The van der Waals surface area contributed by atoms with Crippen molar-refractivity contribution < 1.29 is 23.9 Å². The van der Waals surface area contributed by atoms with Gasteiger partial charge in [0.2, 0.25) is 5.91 Å². The molecule has 146 valence electrons. The van der Waals surface area contributed by atoms with Gasteiger partial charge in [-0.2, -0.15) is 0 Å². The SMILES string of the molecule is COC(=O)c1cc(NC(=O)CN2c3ccccc3C[C@H]2C)cc(C(=O)OC)c1. The van der Waals surface area contributed by atoms with E-state index in [0.29, 0.717) is 5.69 Å². The summed E-state index contributed by atoms with van der Waals surface area (Å²) in [7, 11) is 2.50. The molecule has 2 aromatic rings. The molecule has 1 aliphatic heterocycles. The zero-order valence-electron chi connectivity index (χ0n) is 16.0. The fraction of sp³-hybridized carbons (Fsp3) is 0.286. The highest BCUT2D eigenvalue weighted by molar-refractivity contribution is 6.00. The molecule has 0 radical (unpaired) electrons. The van der Waals surface area contributed by atoms with Crippen molar-refractivity contribution in [2.75, 3.05) is 31.0 Å². The van der Waals surface area contributed by atoms with Gasteiger partial charge in [0, 0.05) is 17.4 Å². The van der Waals surface area contributed by atoms with Gasteiger partial charge in [0.25, 0.3) is 0 Å². The molecule has 0 saturated heterocycles. The van der Waals surface area contributed by atoms with E-state index in [4.69, 9.17) is 9.47 Å². The van der Waals surface area contributed by atoms with Gasteiger partial charge in [-0.1, -0.05) is 18.2 Å². The first-order chi connectivity index (χ1) is 13.4. The van der Waals surface area contributed by atoms with Crippen LogP contribution in [0.2, 0.25) is 0 Å². The lowest BCUT2D eigenvalue weighted by atomic mass is 10.1. The number of esters is 2. The van der Waals surface area contributed by atoms with Gasteiger partial charge in [-0.3, -0.25) is 4.79 Å². The average Bonchev–Trinajstić information content (AvgIpc) is 3.01. The summed E-state index contributed by atoms with van der Waals surface area (Å²) >= 11 is 0. The number of amides is 1. The van der Waals surface area contributed by atoms with E-state index >= 15 is 0 Å². The van der Waals surface area contributed by atoms with Crippen molar-refractivity contribution in [3.8, 4) is 0 Å².